The summed E-state index contributed by atoms with van der Waals surface area (Å²) in [5.74, 6) is 2.66. The number of hydrogen-bond donors (Lipinski definition) is 0. The predicted octanol–water partition coefficient (Wildman–Crippen LogP) is 2.30. The van der Waals surface area contributed by atoms with E-state index in [-0.39, 0.29) is 0 Å². The summed E-state index contributed by atoms with van der Waals surface area (Å²) in [4.78, 5) is 13.6. The fourth-order valence-corrected chi connectivity index (χ4v) is 4.92. The van der Waals surface area contributed by atoms with Crippen LogP contribution in [-0.2, 0) is 13.0 Å². The number of nitrogens with zero attached hydrogens (tertiary/aromatic N) is 6. The molecule has 2 fully saturated rings. The molecule has 1 saturated carbocycles. The molecule has 28 heavy (non-hydrogen) atoms. The Bertz CT molecular complexity index is 821. The molecular formula is C20H25ClN6O. The molecule has 0 bridgehead atoms. The first-order chi connectivity index (χ1) is 13.7. The Morgan fingerprint density at radius 1 is 1.21 bits per heavy atom. The van der Waals surface area contributed by atoms with Crippen LogP contribution in [0, 0.1) is 5.41 Å². The van der Waals surface area contributed by atoms with Gasteiger partial charge in [0.15, 0.2) is 5.82 Å². The molecule has 0 atom stereocenters. The molecule has 0 aromatic carbocycles. The highest BCUT2D eigenvalue weighted by atomic mass is 35.5. The quantitative estimate of drug-likeness (QED) is 0.689. The zero-order chi connectivity index (χ0) is 19.0. The van der Waals surface area contributed by atoms with Gasteiger partial charge >= 0.3 is 0 Å². The molecule has 7 nitrogen and oxygen atoms in total. The molecule has 0 radical (unpaired) electrons. The summed E-state index contributed by atoms with van der Waals surface area (Å²) in [7, 11) is 0. The van der Waals surface area contributed by atoms with E-state index >= 15 is 0 Å². The van der Waals surface area contributed by atoms with E-state index in [2.05, 4.69) is 30.0 Å². The van der Waals surface area contributed by atoms with Crippen LogP contribution in [-0.4, -0.2) is 63.2 Å². The normalized spacial score (nSPS) is 21.1. The summed E-state index contributed by atoms with van der Waals surface area (Å²) >= 11 is 5.87. The van der Waals surface area contributed by atoms with E-state index in [0.717, 1.165) is 70.0 Å². The first-order valence-corrected chi connectivity index (χ1v) is 10.6. The minimum atomic E-state index is 0.301. The summed E-state index contributed by atoms with van der Waals surface area (Å²) in [6.07, 6.45) is 9.67. The lowest BCUT2D eigenvalue weighted by molar-refractivity contribution is -0.0352. The van der Waals surface area contributed by atoms with Gasteiger partial charge in [0.05, 0.1) is 6.20 Å². The summed E-state index contributed by atoms with van der Waals surface area (Å²) in [6.45, 7) is 5.08. The first kappa shape index (κ1) is 18.1. The third-order valence-corrected chi connectivity index (χ3v) is 6.50. The van der Waals surface area contributed by atoms with Gasteiger partial charge < -0.3 is 9.64 Å². The lowest BCUT2D eigenvalue weighted by Gasteiger charge is -2.58. The second-order valence-electron chi connectivity index (χ2n) is 8.27. The largest absolute Gasteiger partial charge is 0.490 e. The smallest absolute Gasteiger partial charge is 0.150 e. The molecule has 0 N–H and O–H groups in total. The monoisotopic (exact) mass is 400 g/mol. The predicted molar refractivity (Wildman–Crippen MR) is 107 cm³/mol. The van der Waals surface area contributed by atoms with Gasteiger partial charge in [-0.2, -0.15) is 5.10 Å². The van der Waals surface area contributed by atoms with Gasteiger partial charge in [0.25, 0.3) is 0 Å². The van der Waals surface area contributed by atoms with Crippen LogP contribution in [0.2, 0.25) is 0 Å². The highest BCUT2D eigenvalue weighted by molar-refractivity contribution is 6.17. The molecule has 2 aliphatic heterocycles. The van der Waals surface area contributed by atoms with Crippen LogP contribution < -0.4 is 9.64 Å². The van der Waals surface area contributed by atoms with Crippen molar-refractivity contribution in [3.05, 3.63) is 36.0 Å². The Hall–Kier alpha value is -1.99. The van der Waals surface area contributed by atoms with Crippen molar-refractivity contribution in [3.63, 3.8) is 0 Å². The van der Waals surface area contributed by atoms with Gasteiger partial charge in [-0.3, -0.25) is 9.88 Å². The van der Waals surface area contributed by atoms with E-state index < -0.39 is 0 Å². The van der Waals surface area contributed by atoms with Crippen molar-refractivity contribution < 1.29 is 4.74 Å². The van der Waals surface area contributed by atoms with Crippen molar-refractivity contribution >= 4 is 17.4 Å². The Labute approximate surface area is 170 Å². The van der Waals surface area contributed by atoms with Gasteiger partial charge in [0.1, 0.15) is 18.2 Å². The zero-order valence-corrected chi connectivity index (χ0v) is 16.7. The number of fused-ring (bicyclic) bond motifs is 1. The van der Waals surface area contributed by atoms with Crippen LogP contribution in [0.3, 0.4) is 0 Å². The lowest BCUT2D eigenvalue weighted by atomic mass is 9.62. The van der Waals surface area contributed by atoms with Gasteiger partial charge in [-0.25, -0.2) is 4.98 Å². The fraction of sp³-hybridized carbons (Fsp3) is 0.600. The Morgan fingerprint density at radius 2 is 2.11 bits per heavy atom. The molecular weight excluding hydrogens is 376 g/mol. The average molecular weight is 401 g/mol. The summed E-state index contributed by atoms with van der Waals surface area (Å²) in [6, 6.07) is 2.04. The third kappa shape index (κ3) is 3.42. The van der Waals surface area contributed by atoms with Crippen LogP contribution in [0.5, 0.6) is 5.75 Å². The standard InChI is InChI=1S/C20H25ClN6O/c21-4-1-6-26-7-3-17-16(11-26)18(2-5-22-17)28-15-8-20(9-15)12-27(13-20)19-10-24-25-14-23-19/h2,5,10,14-15H,1,3-4,6-9,11-13H2. The highest BCUT2D eigenvalue weighted by Gasteiger charge is 2.54. The van der Waals surface area contributed by atoms with E-state index in [1.807, 2.05) is 12.3 Å². The minimum absolute atomic E-state index is 0.301. The van der Waals surface area contributed by atoms with Crippen molar-refractivity contribution in [2.45, 2.75) is 38.3 Å². The van der Waals surface area contributed by atoms with Crippen LogP contribution in [0.4, 0.5) is 5.82 Å². The molecule has 0 amide bonds. The van der Waals surface area contributed by atoms with E-state index in [1.54, 1.807) is 6.20 Å². The molecule has 5 rings (SSSR count). The molecule has 2 aromatic heterocycles. The molecule has 8 heteroatoms. The molecule has 1 saturated heterocycles. The molecule has 4 heterocycles. The Kier molecular flexibility index (Phi) is 4.80. The Balaban J connectivity index is 1.18. The Morgan fingerprint density at radius 3 is 2.89 bits per heavy atom. The lowest BCUT2D eigenvalue weighted by Crippen LogP contribution is -2.65. The third-order valence-electron chi connectivity index (χ3n) is 6.23. The van der Waals surface area contributed by atoms with Gasteiger partial charge in [0.2, 0.25) is 0 Å². The zero-order valence-electron chi connectivity index (χ0n) is 15.9. The van der Waals surface area contributed by atoms with Gasteiger partial charge in [-0.05, 0) is 31.9 Å². The molecule has 0 unspecified atom stereocenters. The number of rotatable bonds is 6. The van der Waals surface area contributed by atoms with E-state index in [0.29, 0.717) is 17.4 Å². The molecule has 148 valence electrons. The van der Waals surface area contributed by atoms with Gasteiger partial charge in [-0.15, -0.1) is 16.7 Å². The SMILES string of the molecule is ClCCCN1CCc2nccc(OC3CC4(C3)CN(c3cnncn3)C4)c2C1. The van der Waals surface area contributed by atoms with Crippen molar-refractivity contribution in [2.24, 2.45) is 5.41 Å². The number of anilines is 1. The number of halogens is 1. The topological polar surface area (TPSA) is 67.3 Å². The van der Waals surface area contributed by atoms with Crippen molar-refractivity contribution in [1.29, 1.82) is 0 Å². The number of ether oxygens (including phenoxy) is 1. The number of hydrogen-bond acceptors (Lipinski definition) is 7. The van der Waals surface area contributed by atoms with Crippen LogP contribution in [0.15, 0.2) is 24.8 Å². The van der Waals surface area contributed by atoms with Crippen LogP contribution >= 0.6 is 11.6 Å². The second kappa shape index (κ2) is 7.44. The van der Waals surface area contributed by atoms with Gasteiger partial charge in [-0.1, -0.05) is 0 Å². The minimum Gasteiger partial charge on any atom is -0.490 e. The van der Waals surface area contributed by atoms with Crippen molar-refractivity contribution in [3.8, 4) is 5.75 Å². The van der Waals surface area contributed by atoms with E-state index in [9.17, 15) is 0 Å². The number of alkyl halides is 1. The number of pyridine rings is 1. The summed E-state index contributed by atoms with van der Waals surface area (Å²) in [5, 5.41) is 7.67. The summed E-state index contributed by atoms with van der Waals surface area (Å²) < 4.78 is 6.42. The van der Waals surface area contributed by atoms with Crippen LogP contribution in [0.1, 0.15) is 30.5 Å². The fourth-order valence-electron chi connectivity index (χ4n) is 4.80. The van der Waals surface area contributed by atoms with E-state index in [1.165, 1.54) is 17.6 Å². The van der Waals surface area contributed by atoms with Gasteiger partial charge in [0, 0.05) is 61.3 Å². The average Bonchev–Trinajstić information content (AvgIpc) is 2.68. The maximum Gasteiger partial charge on any atom is 0.150 e. The molecule has 1 aliphatic carbocycles. The second-order valence-corrected chi connectivity index (χ2v) is 8.65. The molecule has 2 aromatic rings. The maximum atomic E-state index is 6.42. The summed E-state index contributed by atoms with van der Waals surface area (Å²) in [5.41, 5.74) is 2.85. The maximum absolute atomic E-state index is 6.42. The molecule has 1 spiro atoms. The molecule has 3 aliphatic rings. The highest BCUT2D eigenvalue weighted by Crippen LogP contribution is 2.50. The van der Waals surface area contributed by atoms with E-state index in [4.69, 9.17) is 16.3 Å². The van der Waals surface area contributed by atoms with Crippen LogP contribution in [0.25, 0.3) is 0 Å². The first-order valence-electron chi connectivity index (χ1n) is 10.0. The van der Waals surface area contributed by atoms with Crippen molar-refractivity contribution in [1.82, 2.24) is 25.1 Å². The number of aromatic nitrogens is 4. The van der Waals surface area contributed by atoms with Crippen molar-refractivity contribution in [2.75, 3.05) is 37.0 Å².